The van der Waals surface area contributed by atoms with Crippen LogP contribution in [-0.2, 0) is 7.05 Å². The van der Waals surface area contributed by atoms with Crippen molar-refractivity contribution >= 4 is 16.6 Å². The van der Waals surface area contributed by atoms with Gasteiger partial charge in [0.05, 0.1) is 5.52 Å². The van der Waals surface area contributed by atoms with Crippen molar-refractivity contribution in [3.8, 4) is 11.1 Å². The molecule has 2 aromatic carbocycles. The number of fused-ring (bicyclic) bond motifs is 1. The maximum Gasteiger partial charge on any atom is 0.0929 e. The van der Waals surface area contributed by atoms with Crippen LogP contribution >= 0.6 is 0 Å². The van der Waals surface area contributed by atoms with E-state index in [1.807, 2.05) is 54.3 Å². The molecule has 0 aliphatic rings. The van der Waals surface area contributed by atoms with Crippen LogP contribution in [0.5, 0.6) is 0 Å². The average Bonchev–Trinajstić information content (AvgIpc) is 2.70. The van der Waals surface area contributed by atoms with Gasteiger partial charge in [0.15, 0.2) is 0 Å². The summed E-state index contributed by atoms with van der Waals surface area (Å²) in [5.74, 6) is 0. The smallest absolute Gasteiger partial charge is 0.0929 e. The lowest BCUT2D eigenvalue weighted by Crippen LogP contribution is -1.84. The predicted octanol–water partition coefficient (Wildman–Crippen LogP) is 2.82. The lowest BCUT2D eigenvalue weighted by molar-refractivity contribution is 0.780. The summed E-state index contributed by atoms with van der Waals surface area (Å²) in [6, 6.07) is 14.1. The molecule has 0 aliphatic carbocycles. The van der Waals surface area contributed by atoms with E-state index in [1.165, 1.54) is 10.9 Å². The van der Waals surface area contributed by atoms with Crippen LogP contribution in [0, 0.1) is 0 Å². The number of nitrogen functional groups attached to an aromatic ring is 1. The van der Waals surface area contributed by atoms with Crippen molar-refractivity contribution in [2.24, 2.45) is 7.05 Å². The van der Waals surface area contributed by atoms with Gasteiger partial charge in [-0.1, -0.05) is 24.3 Å². The van der Waals surface area contributed by atoms with Gasteiger partial charge < -0.3 is 5.73 Å². The van der Waals surface area contributed by atoms with Gasteiger partial charge in [0, 0.05) is 24.3 Å². The molecule has 0 atom stereocenters. The van der Waals surface area contributed by atoms with Crippen molar-refractivity contribution in [1.29, 1.82) is 0 Å². The summed E-state index contributed by atoms with van der Waals surface area (Å²) >= 11 is 0. The van der Waals surface area contributed by atoms with E-state index in [9.17, 15) is 0 Å². The van der Waals surface area contributed by atoms with E-state index < -0.39 is 0 Å². The molecular weight excluding hydrogens is 210 g/mol. The molecule has 3 heteroatoms. The van der Waals surface area contributed by atoms with E-state index >= 15 is 0 Å². The summed E-state index contributed by atoms with van der Waals surface area (Å²) in [5, 5.41) is 5.58. The number of aromatic nitrogens is 2. The fraction of sp³-hybridized carbons (Fsp3) is 0.0714. The van der Waals surface area contributed by atoms with Crippen LogP contribution in [0.25, 0.3) is 22.0 Å². The van der Waals surface area contributed by atoms with Crippen LogP contribution in [0.4, 0.5) is 5.69 Å². The minimum Gasteiger partial charge on any atom is -0.399 e. The van der Waals surface area contributed by atoms with Crippen LogP contribution in [0.3, 0.4) is 0 Å². The first-order chi connectivity index (χ1) is 8.24. The number of aryl methyl sites for hydroxylation is 1. The summed E-state index contributed by atoms with van der Waals surface area (Å²) in [5.41, 5.74) is 9.86. The van der Waals surface area contributed by atoms with E-state index in [4.69, 9.17) is 5.73 Å². The van der Waals surface area contributed by atoms with Crippen molar-refractivity contribution in [3.05, 3.63) is 48.7 Å². The van der Waals surface area contributed by atoms with Gasteiger partial charge in [-0.2, -0.15) is 5.10 Å². The van der Waals surface area contributed by atoms with Crippen LogP contribution < -0.4 is 5.73 Å². The van der Waals surface area contributed by atoms with Crippen LogP contribution in [0.15, 0.2) is 48.7 Å². The zero-order valence-corrected chi connectivity index (χ0v) is 9.59. The molecule has 0 saturated heterocycles. The maximum absolute atomic E-state index is 5.71. The first-order valence-electron chi connectivity index (χ1n) is 5.52. The predicted molar refractivity (Wildman–Crippen MR) is 70.6 cm³/mol. The molecule has 1 heterocycles. The van der Waals surface area contributed by atoms with Crippen molar-refractivity contribution in [3.63, 3.8) is 0 Å². The zero-order chi connectivity index (χ0) is 11.8. The molecule has 0 spiro atoms. The van der Waals surface area contributed by atoms with Gasteiger partial charge in [-0.3, -0.25) is 4.68 Å². The molecule has 17 heavy (non-hydrogen) atoms. The quantitative estimate of drug-likeness (QED) is 0.645. The molecular formula is C14H13N3. The standard InChI is InChI=1S/C14H13N3/c1-17-9-13-12(3-2-4-14(13)16-17)10-5-7-11(15)8-6-10/h2-9H,15H2,1H3. The number of anilines is 1. The summed E-state index contributed by atoms with van der Waals surface area (Å²) in [6.07, 6.45) is 2.04. The van der Waals surface area contributed by atoms with Gasteiger partial charge in [0.25, 0.3) is 0 Å². The third kappa shape index (κ3) is 1.65. The van der Waals surface area contributed by atoms with Crippen molar-refractivity contribution in [2.75, 3.05) is 5.73 Å². The van der Waals surface area contributed by atoms with Crippen molar-refractivity contribution in [2.45, 2.75) is 0 Å². The summed E-state index contributed by atoms with van der Waals surface area (Å²) in [6.45, 7) is 0. The number of nitrogens with zero attached hydrogens (tertiary/aromatic N) is 2. The van der Waals surface area contributed by atoms with Gasteiger partial charge in [-0.15, -0.1) is 0 Å². The lowest BCUT2D eigenvalue weighted by atomic mass is 10.0. The molecule has 0 saturated carbocycles. The normalized spacial score (nSPS) is 10.9. The molecule has 84 valence electrons. The van der Waals surface area contributed by atoms with Crippen LogP contribution in [-0.4, -0.2) is 9.78 Å². The number of hydrogen-bond donors (Lipinski definition) is 1. The van der Waals surface area contributed by atoms with E-state index in [-0.39, 0.29) is 0 Å². The Hall–Kier alpha value is -2.29. The Bertz CT molecular complexity index is 666. The average molecular weight is 223 g/mol. The fourth-order valence-electron chi connectivity index (χ4n) is 2.08. The maximum atomic E-state index is 5.71. The first-order valence-corrected chi connectivity index (χ1v) is 5.52. The van der Waals surface area contributed by atoms with Gasteiger partial charge in [-0.05, 0) is 29.3 Å². The second kappa shape index (κ2) is 3.63. The van der Waals surface area contributed by atoms with Gasteiger partial charge >= 0.3 is 0 Å². The Kier molecular flexibility index (Phi) is 2.11. The molecule has 0 aliphatic heterocycles. The molecule has 2 N–H and O–H groups in total. The molecule has 3 rings (SSSR count). The Morgan fingerprint density at radius 1 is 1.06 bits per heavy atom. The summed E-state index contributed by atoms with van der Waals surface area (Å²) < 4.78 is 1.84. The van der Waals surface area contributed by atoms with Gasteiger partial charge in [0.2, 0.25) is 0 Å². The van der Waals surface area contributed by atoms with Gasteiger partial charge in [0.1, 0.15) is 0 Å². The van der Waals surface area contributed by atoms with E-state index in [2.05, 4.69) is 11.2 Å². The van der Waals surface area contributed by atoms with Crippen molar-refractivity contribution in [1.82, 2.24) is 9.78 Å². The monoisotopic (exact) mass is 223 g/mol. The molecule has 0 unspecified atom stereocenters. The molecule has 0 fully saturated rings. The molecule has 3 aromatic rings. The third-order valence-corrected chi connectivity index (χ3v) is 2.89. The number of nitrogens with two attached hydrogens (primary N) is 1. The van der Waals surface area contributed by atoms with E-state index in [1.54, 1.807) is 0 Å². The highest BCUT2D eigenvalue weighted by molar-refractivity contribution is 5.94. The first kappa shape index (κ1) is 9.90. The number of benzene rings is 2. The van der Waals surface area contributed by atoms with E-state index in [0.717, 1.165) is 16.8 Å². The number of rotatable bonds is 1. The van der Waals surface area contributed by atoms with Crippen LogP contribution in [0.2, 0.25) is 0 Å². The molecule has 0 bridgehead atoms. The minimum atomic E-state index is 0.784. The Balaban J connectivity index is 2.26. The number of hydrogen-bond acceptors (Lipinski definition) is 2. The molecule has 1 aromatic heterocycles. The Labute approximate surface area is 99.5 Å². The highest BCUT2D eigenvalue weighted by Gasteiger charge is 2.05. The zero-order valence-electron chi connectivity index (χ0n) is 9.59. The van der Waals surface area contributed by atoms with E-state index in [0.29, 0.717) is 0 Å². The lowest BCUT2D eigenvalue weighted by Gasteiger charge is -2.03. The van der Waals surface area contributed by atoms with Crippen molar-refractivity contribution < 1.29 is 0 Å². The molecule has 3 nitrogen and oxygen atoms in total. The molecule has 0 amide bonds. The highest BCUT2D eigenvalue weighted by atomic mass is 15.2. The second-order valence-electron chi connectivity index (χ2n) is 4.16. The fourth-order valence-corrected chi connectivity index (χ4v) is 2.08. The van der Waals surface area contributed by atoms with Gasteiger partial charge in [-0.25, -0.2) is 0 Å². The highest BCUT2D eigenvalue weighted by Crippen LogP contribution is 2.28. The Morgan fingerprint density at radius 2 is 1.82 bits per heavy atom. The molecule has 0 radical (unpaired) electrons. The largest absolute Gasteiger partial charge is 0.399 e. The minimum absolute atomic E-state index is 0.784. The summed E-state index contributed by atoms with van der Waals surface area (Å²) in [4.78, 5) is 0. The van der Waals surface area contributed by atoms with Crippen LogP contribution in [0.1, 0.15) is 0 Å². The summed E-state index contributed by atoms with van der Waals surface area (Å²) in [7, 11) is 1.94. The third-order valence-electron chi connectivity index (χ3n) is 2.89. The Morgan fingerprint density at radius 3 is 2.59 bits per heavy atom. The topological polar surface area (TPSA) is 43.8 Å². The second-order valence-corrected chi connectivity index (χ2v) is 4.16. The SMILES string of the molecule is Cn1cc2c(-c3ccc(N)cc3)cccc2n1.